The summed E-state index contributed by atoms with van der Waals surface area (Å²) in [6.07, 6.45) is 10.6. The number of carbonyl (C=O) groups is 1. The average molecular weight is 325 g/mol. The maximum absolute atomic E-state index is 12.8. The Morgan fingerprint density at radius 1 is 1.29 bits per heavy atom. The lowest BCUT2D eigenvalue weighted by Crippen LogP contribution is -2.47. The van der Waals surface area contributed by atoms with E-state index in [-0.39, 0.29) is 0 Å². The van der Waals surface area contributed by atoms with Crippen molar-refractivity contribution in [3.05, 3.63) is 54.6 Å². The fourth-order valence-electron chi connectivity index (χ4n) is 3.75. The first kappa shape index (κ1) is 16.7. The molecular formula is C20H27N3O. The summed E-state index contributed by atoms with van der Waals surface area (Å²) in [5.41, 5.74) is 1.24. The van der Waals surface area contributed by atoms with Crippen molar-refractivity contribution in [3.63, 3.8) is 0 Å². The molecule has 1 aliphatic rings. The normalized spacial score (nSPS) is 19.2. The molecular weight excluding hydrogens is 298 g/mol. The van der Waals surface area contributed by atoms with Crippen LogP contribution in [0.4, 0.5) is 0 Å². The second kappa shape index (κ2) is 8.13. The lowest BCUT2D eigenvalue weighted by atomic mass is 9.90. The fraction of sp³-hybridized carbons (Fsp3) is 0.500. The molecule has 128 valence electrons. The Morgan fingerprint density at radius 3 is 2.88 bits per heavy atom. The summed E-state index contributed by atoms with van der Waals surface area (Å²) in [6, 6.07) is 10.6. The highest BCUT2D eigenvalue weighted by molar-refractivity contribution is 5.77. The molecule has 1 amide bonds. The van der Waals surface area contributed by atoms with Gasteiger partial charge in [-0.3, -0.25) is 4.79 Å². The largest absolute Gasteiger partial charge is 0.339 e. The smallest absolute Gasteiger partial charge is 0.223 e. The lowest BCUT2D eigenvalue weighted by Gasteiger charge is -2.39. The van der Waals surface area contributed by atoms with Gasteiger partial charge in [0.2, 0.25) is 5.91 Å². The molecule has 2 heterocycles. The molecule has 1 aromatic carbocycles. The van der Waals surface area contributed by atoms with Crippen LogP contribution in [0.5, 0.6) is 0 Å². The summed E-state index contributed by atoms with van der Waals surface area (Å²) in [4.78, 5) is 19.1. The monoisotopic (exact) mass is 325 g/mol. The van der Waals surface area contributed by atoms with E-state index in [4.69, 9.17) is 0 Å². The van der Waals surface area contributed by atoms with E-state index in [9.17, 15) is 4.79 Å². The number of amides is 1. The minimum atomic E-state index is 0.307. The van der Waals surface area contributed by atoms with Gasteiger partial charge in [-0.05, 0) is 37.2 Å². The Hall–Kier alpha value is -2.10. The Morgan fingerprint density at radius 2 is 2.12 bits per heavy atom. The first-order chi connectivity index (χ1) is 11.7. The van der Waals surface area contributed by atoms with E-state index in [1.165, 1.54) is 12.0 Å². The molecule has 1 aromatic heterocycles. The van der Waals surface area contributed by atoms with Gasteiger partial charge in [0.15, 0.2) is 0 Å². The lowest BCUT2D eigenvalue weighted by molar-refractivity contribution is -0.136. The van der Waals surface area contributed by atoms with Crippen molar-refractivity contribution in [2.75, 3.05) is 6.54 Å². The van der Waals surface area contributed by atoms with E-state index in [1.54, 1.807) is 0 Å². The molecule has 0 spiro atoms. The molecule has 2 unspecified atom stereocenters. The van der Waals surface area contributed by atoms with Crippen LogP contribution in [-0.4, -0.2) is 32.9 Å². The Bertz CT molecular complexity index is 624. The second-order valence-corrected chi connectivity index (χ2v) is 6.87. The molecule has 0 aliphatic carbocycles. The van der Waals surface area contributed by atoms with Gasteiger partial charge in [-0.15, -0.1) is 0 Å². The third-order valence-corrected chi connectivity index (χ3v) is 5.05. The van der Waals surface area contributed by atoms with Crippen LogP contribution in [0.2, 0.25) is 0 Å². The average Bonchev–Trinajstić information content (AvgIpc) is 3.13. The third-order valence-electron chi connectivity index (χ3n) is 5.05. The first-order valence-electron chi connectivity index (χ1n) is 9.03. The molecule has 4 heteroatoms. The maximum Gasteiger partial charge on any atom is 0.223 e. The molecule has 0 radical (unpaired) electrons. The fourth-order valence-corrected chi connectivity index (χ4v) is 3.75. The molecule has 2 atom stereocenters. The van der Waals surface area contributed by atoms with Crippen molar-refractivity contribution in [3.8, 4) is 0 Å². The summed E-state index contributed by atoms with van der Waals surface area (Å²) in [5, 5.41) is 0. The van der Waals surface area contributed by atoms with Gasteiger partial charge in [-0.1, -0.05) is 37.3 Å². The number of benzene rings is 1. The predicted molar refractivity (Wildman–Crippen MR) is 95.5 cm³/mol. The van der Waals surface area contributed by atoms with E-state index in [0.29, 0.717) is 24.3 Å². The number of carbonyl (C=O) groups excluding carboxylic acids is 1. The molecule has 1 aliphatic heterocycles. The van der Waals surface area contributed by atoms with Crippen molar-refractivity contribution in [1.82, 2.24) is 14.5 Å². The van der Waals surface area contributed by atoms with Crippen LogP contribution in [0.3, 0.4) is 0 Å². The minimum Gasteiger partial charge on any atom is -0.339 e. The van der Waals surface area contributed by atoms with Gasteiger partial charge >= 0.3 is 0 Å². The molecule has 4 nitrogen and oxygen atoms in total. The van der Waals surface area contributed by atoms with E-state index in [2.05, 4.69) is 33.5 Å². The summed E-state index contributed by atoms with van der Waals surface area (Å²) < 4.78 is 2.12. The molecule has 0 N–H and O–H groups in total. The third kappa shape index (κ3) is 4.25. The van der Waals surface area contributed by atoms with Crippen LogP contribution in [0, 0.1) is 5.92 Å². The van der Waals surface area contributed by atoms with Gasteiger partial charge in [0.25, 0.3) is 0 Å². The van der Waals surface area contributed by atoms with Gasteiger partial charge < -0.3 is 9.47 Å². The van der Waals surface area contributed by atoms with Crippen molar-refractivity contribution >= 4 is 5.91 Å². The van der Waals surface area contributed by atoms with Crippen molar-refractivity contribution in [2.45, 2.75) is 51.6 Å². The van der Waals surface area contributed by atoms with Crippen LogP contribution in [0.1, 0.15) is 38.2 Å². The van der Waals surface area contributed by atoms with Crippen LogP contribution in [0.25, 0.3) is 0 Å². The quantitative estimate of drug-likeness (QED) is 0.815. The maximum atomic E-state index is 12.8. The van der Waals surface area contributed by atoms with Crippen LogP contribution in [-0.2, 0) is 17.8 Å². The van der Waals surface area contributed by atoms with Gasteiger partial charge in [0, 0.05) is 37.9 Å². The summed E-state index contributed by atoms with van der Waals surface area (Å²) in [7, 11) is 0. The number of aromatic nitrogens is 2. The molecule has 0 saturated carbocycles. The highest BCUT2D eigenvalue weighted by Crippen LogP contribution is 2.25. The number of rotatable bonds is 6. The number of imidazole rings is 1. The standard InChI is InChI=1S/C20H27N3O/c1-17(15-22-14-12-21-16-22)19-9-5-6-13-23(19)20(24)11-10-18-7-3-2-4-8-18/h2-4,7-8,12,14,16-17,19H,5-6,9-11,13,15H2,1H3. The van der Waals surface area contributed by atoms with Crippen LogP contribution in [0.15, 0.2) is 49.1 Å². The molecule has 2 aromatic rings. The zero-order valence-electron chi connectivity index (χ0n) is 14.5. The van der Waals surface area contributed by atoms with Gasteiger partial charge in [0.1, 0.15) is 0 Å². The highest BCUT2D eigenvalue weighted by Gasteiger charge is 2.30. The predicted octanol–water partition coefficient (Wildman–Crippen LogP) is 3.53. The van der Waals surface area contributed by atoms with E-state index < -0.39 is 0 Å². The first-order valence-corrected chi connectivity index (χ1v) is 9.03. The van der Waals surface area contributed by atoms with Crippen molar-refractivity contribution in [1.29, 1.82) is 0 Å². The number of piperidine rings is 1. The molecule has 3 rings (SSSR count). The summed E-state index contributed by atoms with van der Waals surface area (Å²) in [5.74, 6) is 0.751. The topological polar surface area (TPSA) is 38.1 Å². The molecule has 1 fully saturated rings. The zero-order chi connectivity index (χ0) is 16.8. The number of likely N-dealkylation sites (tertiary alicyclic amines) is 1. The molecule has 1 saturated heterocycles. The number of nitrogens with zero attached hydrogens (tertiary/aromatic N) is 3. The number of hydrogen-bond donors (Lipinski definition) is 0. The number of hydrogen-bond acceptors (Lipinski definition) is 2. The molecule has 0 bridgehead atoms. The highest BCUT2D eigenvalue weighted by atomic mass is 16.2. The zero-order valence-corrected chi connectivity index (χ0v) is 14.5. The number of aryl methyl sites for hydroxylation is 1. The Labute approximate surface area is 144 Å². The van der Waals surface area contributed by atoms with Gasteiger partial charge in [-0.25, -0.2) is 4.98 Å². The Kier molecular flexibility index (Phi) is 5.68. The van der Waals surface area contributed by atoms with Crippen LogP contribution >= 0.6 is 0 Å². The van der Waals surface area contributed by atoms with E-state index in [1.807, 2.05) is 36.9 Å². The van der Waals surface area contributed by atoms with Crippen molar-refractivity contribution in [2.24, 2.45) is 5.92 Å². The summed E-state index contributed by atoms with van der Waals surface area (Å²) >= 11 is 0. The molecule has 24 heavy (non-hydrogen) atoms. The van der Waals surface area contributed by atoms with E-state index >= 15 is 0 Å². The second-order valence-electron chi connectivity index (χ2n) is 6.87. The van der Waals surface area contributed by atoms with Crippen LogP contribution < -0.4 is 0 Å². The minimum absolute atomic E-state index is 0.307. The van der Waals surface area contributed by atoms with E-state index in [0.717, 1.165) is 32.4 Å². The Balaban J connectivity index is 1.59. The van der Waals surface area contributed by atoms with Gasteiger partial charge in [-0.2, -0.15) is 0 Å². The SMILES string of the molecule is CC(Cn1ccnc1)C1CCCCN1C(=O)CCc1ccccc1. The van der Waals surface area contributed by atoms with Gasteiger partial charge in [0.05, 0.1) is 6.33 Å². The summed E-state index contributed by atoms with van der Waals surface area (Å²) in [6.45, 7) is 4.09. The van der Waals surface area contributed by atoms with Crippen molar-refractivity contribution < 1.29 is 4.79 Å².